The quantitative estimate of drug-likeness (QED) is 0.879. The number of hydrogen-bond acceptors (Lipinski definition) is 2. The molecule has 1 unspecified atom stereocenters. The first kappa shape index (κ1) is 15.0. The maximum atomic E-state index is 12.9. The van der Waals surface area contributed by atoms with Crippen molar-refractivity contribution in [1.29, 1.82) is 0 Å². The van der Waals surface area contributed by atoms with Crippen LogP contribution in [0.25, 0.3) is 0 Å². The highest BCUT2D eigenvalue weighted by molar-refractivity contribution is 5.95. The number of anilines is 1. The normalized spacial score (nSPS) is 11.8. The molecule has 2 N–H and O–H groups in total. The summed E-state index contributed by atoms with van der Waals surface area (Å²) in [4.78, 5) is 11.8. The predicted molar refractivity (Wildman–Crippen MR) is 82.9 cm³/mol. The first-order chi connectivity index (χ1) is 10.1. The molecule has 0 fully saturated rings. The number of rotatable bonds is 5. The van der Waals surface area contributed by atoms with Crippen LogP contribution in [-0.4, -0.2) is 12.5 Å². The highest BCUT2D eigenvalue weighted by Crippen LogP contribution is 2.20. The van der Waals surface area contributed by atoms with Gasteiger partial charge in [0.15, 0.2) is 0 Å². The first-order valence-electron chi connectivity index (χ1n) is 7.00. The van der Waals surface area contributed by atoms with E-state index in [0.29, 0.717) is 12.1 Å². The van der Waals surface area contributed by atoms with Gasteiger partial charge in [-0.3, -0.25) is 4.79 Å². The molecule has 0 aliphatic carbocycles. The Bertz CT molecular complexity index is 610. The number of benzene rings is 2. The molecule has 1 amide bonds. The molecule has 1 atom stereocenters. The van der Waals surface area contributed by atoms with Crippen LogP contribution in [-0.2, 0) is 0 Å². The van der Waals surface area contributed by atoms with Crippen molar-refractivity contribution >= 4 is 11.6 Å². The summed E-state index contributed by atoms with van der Waals surface area (Å²) in [5.41, 5.74) is 2.46. The molecule has 110 valence electrons. The third-order valence-electron chi connectivity index (χ3n) is 3.22. The number of carbonyl (C=O) groups excluding carboxylic acids is 1. The zero-order chi connectivity index (χ0) is 15.2. The highest BCUT2D eigenvalue weighted by atomic mass is 19.1. The Balaban J connectivity index is 2.10. The van der Waals surface area contributed by atoms with E-state index in [1.165, 1.54) is 12.1 Å². The zero-order valence-corrected chi connectivity index (χ0v) is 12.2. The van der Waals surface area contributed by atoms with Crippen molar-refractivity contribution in [3.8, 4) is 0 Å². The molecule has 0 aliphatic rings. The van der Waals surface area contributed by atoms with Crippen molar-refractivity contribution in [3.05, 3.63) is 65.5 Å². The van der Waals surface area contributed by atoms with Crippen LogP contribution in [0.15, 0.2) is 48.5 Å². The largest absolute Gasteiger partial charge is 0.379 e. The number of hydrogen-bond donors (Lipinski definition) is 2. The molecule has 2 rings (SSSR count). The van der Waals surface area contributed by atoms with Crippen molar-refractivity contribution in [2.24, 2.45) is 0 Å². The van der Waals surface area contributed by atoms with Crippen LogP contribution in [0.1, 0.15) is 35.8 Å². The third kappa shape index (κ3) is 4.05. The van der Waals surface area contributed by atoms with E-state index in [0.717, 1.165) is 11.3 Å². The Kier molecular flexibility index (Phi) is 4.93. The van der Waals surface area contributed by atoms with Crippen LogP contribution in [0.5, 0.6) is 0 Å². The molecule has 0 aliphatic heterocycles. The Morgan fingerprint density at radius 3 is 2.57 bits per heavy atom. The molecule has 0 spiro atoms. The third-order valence-corrected chi connectivity index (χ3v) is 3.22. The molecular weight excluding hydrogens is 267 g/mol. The van der Waals surface area contributed by atoms with E-state index in [1.54, 1.807) is 18.2 Å². The van der Waals surface area contributed by atoms with Crippen molar-refractivity contribution in [2.45, 2.75) is 19.9 Å². The van der Waals surface area contributed by atoms with Gasteiger partial charge in [-0.1, -0.05) is 18.2 Å². The van der Waals surface area contributed by atoms with Crippen molar-refractivity contribution in [2.75, 3.05) is 11.9 Å². The van der Waals surface area contributed by atoms with Crippen molar-refractivity contribution < 1.29 is 9.18 Å². The molecular formula is C17H19FN2O. The number of halogens is 1. The second kappa shape index (κ2) is 6.88. The topological polar surface area (TPSA) is 41.1 Å². The lowest BCUT2D eigenvalue weighted by molar-refractivity contribution is 0.0956. The summed E-state index contributed by atoms with van der Waals surface area (Å²) in [5, 5.41) is 6.08. The van der Waals surface area contributed by atoms with E-state index in [2.05, 4.69) is 10.6 Å². The Morgan fingerprint density at radius 2 is 1.90 bits per heavy atom. The van der Waals surface area contributed by atoms with Crippen LogP contribution in [0.2, 0.25) is 0 Å². The van der Waals surface area contributed by atoms with Crippen LogP contribution >= 0.6 is 0 Å². The van der Waals surface area contributed by atoms with E-state index in [9.17, 15) is 9.18 Å². The van der Waals surface area contributed by atoms with Crippen LogP contribution in [0, 0.1) is 5.82 Å². The molecule has 0 heterocycles. The molecule has 2 aromatic carbocycles. The SMILES string of the molecule is CCNC(=O)c1cccc(NC(C)c2ccc(F)cc2)c1. The van der Waals surface area contributed by atoms with E-state index < -0.39 is 0 Å². The number of amides is 1. The van der Waals surface area contributed by atoms with Gasteiger partial charge in [-0.15, -0.1) is 0 Å². The molecule has 0 radical (unpaired) electrons. The molecule has 0 saturated carbocycles. The van der Waals surface area contributed by atoms with E-state index >= 15 is 0 Å². The summed E-state index contributed by atoms with van der Waals surface area (Å²) in [6, 6.07) is 13.7. The van der Waals surface area contributed by atoms with Gasteiger partial charge < -0.3 is 10.6 Å². The Labute approximate surface area is 124 Å². The summed E-state index contributed by atoms with van der Waals surface area (Å²) < 4.78 is 12.9. The number of carbonyl (C=O) groups is 1. The van der Waals surface area contributed by atoms with Crippen molar-refractivity contribution in [1.82, 2.24) is 5.32 Å². The Morgan fingerprint density at radius 1 is 1.19 bits per heavy atom. The lowest BCUT2D eigenvalue weighted by Crippen LogP contribution is -2.22. The first-order valence-corrected chi connectivity index (χ1v) is 7.00. The van der Waals surface area contributed by atoms with E-state index in [4.69, 9.17) is 0 Å². The highest BCUT2D eigenvalue weighted by Gasteiger charge is 2.08. The van der Waals surface area contributed by atoms with Gasteiger partial charge in [0.05, 0.1) is 0 Å². The zero-order valence-electron chi connectivity index (χ0n) is 12.2. The fraction of sp³-hybridized carbons (Fsp3) is 0.235. The molecule has 4 heteroatoms. The van der Waals surface area contributed by atoms with E-state index in [-0.39, 0.29) is 17.8 Å². The summed E-state index contributed by atoms with van der Waals surface area (Å²) in [7, 11) is 0. The van der Waals surface area contributed by atoms with E-state index in [1.807, 2.05) is 32.0 Å². The molecule has 2 aromatic rings. The average Bonchev–Trinajstić information content (AvgIpc) is 2.48. The van der Waals surface area contributed by atoms with Gasteiger partial charge in [-0.2, -0.15) is 0 Å². The van der Waals surface area contributed by atoms with Gasteiger partial charge in [0.2, 0.25) is 0 Å². The summed E-state index contributed by atoms with van der Waals surface area (Å²) in [6.45, 7) is 4.48. The minimum atomic E-state index is -0.246. The van der Waals surface area contributed by atoms with Gasteiger partial charge in [-0.05, 0) is 49.7 Å². The van der Waals surface area contributed by atoms with Gasteiger partial charge in [0, 0.05) is 23.8 Å². The van der Waals surface area contributed by atoms with Crippen LogP contribution in [0.3, 0.4) is 0 Å². The maximum Gasteiger partial charge on any atom is 0.251 e. The molecule has 21 heavy (non-hydrogen) atoms. The lowest BCUT2D eigenvalue weighted by Gasteiger charge is -2.16. The Hall–Kier alpha value is -2.36. The lowest BCUT2D eigenvalue weighted by atomic mass is 10.1. The van der Waals surface area contributed by atoms with Gasteiger partial charge in [0.25, 0.3) is 5.91 Å². The summed E-state index contributed by atoms with van der Waals surface area (Å²) in [6.07, 6.45) is 0. The fourth-order valence-electron chi connectivity index (χ4n) is 2.10. The van der Waals surface area contributed by atoms with Gasteiger partial charge >= 0.3 is 0 Å². The van der Waals surface area contributed by atoms with Crippen molar-refractivity contribution in [3.63, 3.8) is 0 Å². The molecule has 0 bridgehead atoms. The smallest absolute Gasteiger partial charge is 0.251 e. The van der Waals surface area contributed by atoms with Gasteiger partial charge in [-0.25, -0.2) is 4.39 Å². The molecule has 3 nitrogen and oxygen atoms in total. The number of nitrogens with one attached hydrogen (secondary N) is 2. The minimum Gasteiger partial charge on any atom is -0.379 e. The summed E-state index contributed by atoms with van der Waals surface area (Å²) in [5.74, 6) is -0.334. The molecule has 0 aromatic heterocycles. The fourth-order valence-corrected chi connectivity index (χ4v) is 2.10. The second-order valence-corrected chi connectivity index (χ2v) is 4.86. The standard InChI is InChI=1S/C17H19FN2O/c1-3-19-17(21)14-5-4-6-16(11-14)20-12(2)13-7-9-15(18)10-8-13/h4-12,20H,3H2,1-2H3,(H,19,21). The average molecular weight is 286 g/mol. The monoisotopic (exact) mass is 286 g/mol. The van der Waals surface area contributed by atoms with Crippen LogP contribution in [0.4, 0.5) is 10.1 Å². The summed E-state index contributed by atoms with van der Waals surface area (Å²) >= 11 is 0. The van der Waals surface area contributed by atoms with Crippen LogP contribution < -0.4 is 10.6 Å². The minimum absolute atomic E-state index is 0.0232. The maximum absolute atomic E-state index is 12.9. The second-order valence-electron chi connectivity index (χ2n) is 4.86. The molecule has 0 saturated heterocycles. The predicted octanol–water partition coefficient (Wildman–Crippen LogP) is 3.75. The van der Waals surface area contributed by atoms with Gasteiger partial charge in [0.1, 0.15) is 5.82 Å².